The Morgan fingerprint density at radius 3 is 2.82 bits per heavy atom. The Morgan fingerprint density at radius 1 is 1.45 bits per heavy atom. The zero-order valence-electron chi connectivity index (χ0n) is 13.4. The number of esters is 1. The predicted molar refractivity (Wildman–Crippen MR) is 92.4 cm³/mol. The fourth-order valence-corrected chi connectivity index (χ4v) is 3.84. The minimum atomic E-state index is -0.519. The summed E-state index contributed by atoms with van der Waals surface area (Å²) in [6.07, 6.45) is 6.87. The van der Waals surface area contributed by atoms with Gasteiger partial charge < -0.3 is 7.80 Å². The summed E-state index contributed by atoms with van der Waals surface area (Å²) in [7, 11) is 0. The first kappa shape index (κ1) is 17.7. The smallest absolute Gasteiger partial charge is 0.303 e. The van der Waals surface area contributed by atoms with E-state index < -0.39 is 5.41 Å². The van der Waals surface area contributed by atoms with E-state index >= 15 is 0 Å². The fourth-order valence-electron chi connectivity index (χ4n) is 3.62. The standard InChI is InChI=1S/C17H23IO4/c1-11-6-13-7-14(15(8-13)22-12(2)19)10-17(3,9-11)16(20)4-5-21-18/h6,10-11,15H,4-5,7-9H2,1-3H3. The van der Waals surface area contributed by atoms with Crippen LogP contribution in [0.15, 0.2) is 23.3 Å². The van der Waals surface area contributed by atoms with Gasteiger partial charge in [-0.2, -0.15) is 0 Å². The average molecular weight is 418 g/mol. The highest BCUT2D eigenvalue weighted by atomic mass is 127. The van der Waals surface area contributed by atoms with Gasteiger partial charge in [-0.05, 0) is 31.3 Å². The molecule has 122 valence electrons. The highest BCUT2D eigenvalue weighted by molar-refractivity contribution is 14.1. The molecule has 0 aliphatic heterocycles. The van der Waals surface area contributed by atoms with E-state index in [-0.39, 0.29) is 17.9 Å². The van der Waals surface area contributed by atoms with Crippen molar-refractivity contribution in [2.24, 2.45) is 11.3 Å². The molecule has 0 heterocycles. The lowest BCUT2D eigenvalue weighted by molar-refractivity contribution is -0.144. The first-order valence-electron chi connectivity index (χ1n) is 7.69. The molecule has 2 aliphatic rings. The second-order valence-corrected chi connectivity index (χ2v) is 7.23. The Morgan fingerprint density at radius 2 is 2.18 bits per heavy atom. The maximum Gasteiger partial charge on any atom is 0.303 e. The van der Waals surface area contributed by atoms with E-state index in [9.17, 15) is 9.59 Å². The molecular weight excluding hydrogens is 395 g/mol. The number of rotatable bonds is 5. The molecule has 4 nitrogen and oxygen atoms in total. The monoisotopic (exact) mass is 418 g/mol. The molecule has 0 N–H and O–H groups in total. The lowest BCUT2D eigenvalue weighted by Crippen LogP contribution is -2.30. The van der Waals surface area contributed by atoms with Gasteiger partial charge in [-0.3, -0.25) is 9.59 Å². The van der Waals surface area contributed by atoms with Crippen molar-refractivity contribution in [1.82, 2.24) is 0 Å². The molecule has 0 aromatic rings. The summed E-state index contributed by atoms with van der Waals surface area (Å²) in [5.41, 5.74) is 1.86. The zero-order chi connectivity index (χ0) is 16.3. The molecule has 3 atom stereocenters. The summed E-state index contributed by atoms with van der Waals surface area (Å²) in [5, 5.41) is 0. The van der Waals surface area contributed by atoms with Crippen molar-refractivity contribution in [3.8, 4) is 0 Å². The number of fused-ring (bicyclic) bond motifs is 2. The third-order valence-electron chi connectivity index (χ3n) is 4.41. The Balaban J connectivity index is 2.29. The third-order valence-corrected chi connectivity index (χ3v) is 4.85. The number of hydrogen-bond acceptors (Lipinski definition) is 4. The topological polar surface area (TPSA) is 52.6 Å². The molecule has 1 fully saturated rings. The SMILES string of the molecule is CC(=O)OC1CC2=CC(C)CC(C)(C(=O)CCOI)C=C1C2. The van der Waals surface area contributed by atoms with Crippen molar-refractivity contribution in [3.05, 3.63) is 23.3 Å². The van der Waals surface area contributed by atoms with E-state index in [4.69, 9.17) is 7.80 Å². The molecule has 5 heteroatoms. The van der Waals surface area contributed by atoms with Crippen LogP contribution in [0.4, 0.5) is 0 Å². The maximum absolute atomic E-state index is 12.6. The summed E-state index contributed by atoms with van der Waals surface area (Å²) in [6.45, 7) is 6.00. The summed E-state index contributed by atoms with van der Waals surface area (Å²) in [6, 6.07) is 0. The Bertz CT molecular complexity index is 523. The van der Waals surface area contributed by atoms with Crippen LogP contribution in [-0.4, -0.2) is 24.5 Å². The predicted octanol–water partition coefficient (Wildman–Crippen LogP) is 3.94. The minimum absolute atomic E-state index is 0.189. The number of ether oxygens (including phenoxy) is 1. The molecule has 0 aromatic heterocycles. The van der Waals surface area contributed by atoms with Gasteiger partial charge >= 0.3 is 5.97 Å². The van der Waals surface area contributed by atoms with Gasteiger partial charge in [0.05, 0.1) is 6.61 Å². The van der Waals surface area contributed by atoms with E-state index in [1.54, 1.807) is 0 Å². The number of halogens is 1. The first-order valence-corrected chi connectivity index (χ1v) is 8.57. The van der Waals surface area contributed by atoms with Crippen LogP contribution in [0, 0.1) is 11.3 Å². The Labute approximate surface area is 146 Å². The van der Waals surface area contributed by atoms with Crippen LogP contribution < -0.4 is 0 Å². The van der Waals surface area contributed by atoms with E-state index in [0.717, 1.165) is 24.8 Å². The average Bonchev–Trinajstić information content (AvgIpc) is 2.75. The molecule has 2 rings (SSSR count). The highest BCUT2D eigenvalue weighted by Crippen LogP contribution is 2.42. The van der Waals surface area contributed by atoms with Gasteiger partial charge in [-0.1, -0.05) is 24.6 Å². The van der Waals surface area contributed by atoms with Crippen LogP contribution in [0.25, 0.3) is 0 Å². The molecule has 2 aliphatic carbocycles. The molecular formula is C17H23IO4. The Kier molecular flexibility index (Phi) is 5.82. The van der Waals surface area contributed by atoms with Gasteiger partial charge in [0, 0.05) is 25.2 Å². The molecule has 3 unspecified atom stereocenters. The number of Topliss-reactive ketones (excluding diaryl/α,β-unsaturated/α-hetero) is 1. The van der Waals surface area contributed by atoms with Gasteiger partial charge in [0.2, 0.25) is 0 Å². The summed E-state index contributed by atoms with van der Waals surface area (Å²) in [4.78, 5) is 23.9. The van der Waals surface area contributed by atoms with Crippen molar-refractivity contribution in [2.75, 3.05) is 6.61 Å². The van der Waals surface area contributed by atoms with Crippen molar-refractivity contribution >= 4 is 34.8 Å². The zero-order valence-corrected chi connectivity index (χ0v) is 15.5. The molecule has 0 radical (unpaired) electrons. The van der Waals surface area contributed by atoms with E-state index in [1.807, 2.05) is 29.9 Å². The molecule has 22 heavy (non-hydrogen) atoms. The van der Waals surface area contributed by atoms with E-state index in [1.165, 1.54) is 12.5 Å². The van der Waals surface area contributed by atoms with Crippen LogP contribution in [-0.2, 0) is 17.4 Å². The summed E-state index contributed by atoms with van der Waals surface area (Å²) >= 11 is 1.81. The summed E-state index contributed by atoms with van der Waals surface area (Å²) in [5.74, 6) is 0.253. The van der Waals surface area contributed by atoms with E-state index in [2.05, 4.69) is 19.1 Å². The molecule has 2 bridgehead atoms. The number of hydrogen-bond donors (Lipinski definition) is 0. The van der Waals surface area contributed by atoms with Crippen molar-refractivity contribution < 1.29 is 17.4 Å². The minimum Gasteiger partial charge on any atom is -0.458 e. The van der Waals surface area contributed by atoms with Crippen LogP contribution >= 0.6 is 23.0 Å². The van der Waals surface area contributed by atoms with Gasteiger partial charge in [0.1, 0.15) is 34.9 Å². The van der Waals surface area contributed by atoms with Gasteiger partial charge in [-0.25, -0.2) is 0 Å². The Hall–Kier alpha value is -0.690. The number of carbonyl (C=O) groups is 2. The van der Waals surface area contributed by atoms with Crippen LogP contribution in [0.3, 0.4) is 0 Å². The lowest BCUT2D eigenvalue weighted by Gasteiger charge is -2.29. The maximum atomic E-state index is 12.6. The molecule has 0 saturated heterocycles. The largest absolute Gasteiger partial charge is 0.458 e. The van der Waals surface area contributed by atoms with Crippen molar-refractivity contribution in [3.63, 3.8) is 0 Å². The van der Waals surface area contributed by atoms with Crippen LogP contribution in [0.2, 0.25) is 0 Å². The van der Waals surface area contributed by atoms with Crippen LogP contribution in [0.1, 0.15) is 46.5 Å². The lowest BCUT2D eigenvalue weighted by atomic mass is 9.74. The number of allylic oxidation sites excluding steroid dienone is 2. The normalized spacial score (nSPS) is 30.9. The van der Waals surface area contributed by atoms with E-state index in [0.29, 0.717) is 18.9 Å². The molecule has 0 aromatic carbocycles. The quantitative estimate of drug-likeness (QED) is 0.386. The molecule has 0 amide bonds. The van der Waals surface area contributed by atoms with Crippen molar-refractivity contribution in [1.29, 1.82) is 0 Å². The van der Waals surface area contributed by atoms with Gasteiger partial charge in [0.15, 0.2) is 0 Å². The number of carbonyl (C=O) groups excluding carboxylic acids is 2. The molecule has 1 saturated carbocycles. The summed E-state index contributed by atoms with van der Waals surface area (Å²) < 4.78 is 10.5. The van der Waals surface area contributed by atoms with Gasteiger partial charge in [0.25, 0.3) is 0 Å². The fraction of sp³-hybridized carbons (Fsp3) is 0.647. The van der Waals surface area contributed by atoms with Crippen LogP contribution in [0.5, 0.6) is 0 Å². The van der Waals surface area contributed by atoms with Crippen molar-refractivity contribution in [2.45, 2.75) is 52.6 Å². The van der Waals surface area contributed by atoms with Gasteiger partial charge in [-0.15, -0.1) is 0 Å². The number of ketones is 1. The highest BCUT2D eigenvalue weighted by Gasteiger charge is 2.38. The third kappa shape index (κ3) is 4.19. The second-order valence-electron chi connectivity index (χ2n) is 6.61. The first-order chi connectivity index (χ1) is 10.3. The second kappa shape index (κ2) is 7.25. The molecule has 0 spiro atoms.